The standard InChI is InChI=1S/C17H22N2O2/c1-19(2)12-13-4-7-15(8-5-13)18-11-14-6-9-17(21-3)16(20)10-14/h4-10,18,20H,11-12H2,1-3H3. The van der Waals surface area contributed by atoms with Crippen LogP contribution in [0.1, 0.15) is 11.1 Å². The molecule has 21 heavy (non-hydrogen) atoms. The molecule has 4 heteroatoms. The SMILES string of the molecule is COc1ccc(CNc2ccc(CN(C)C)cc2)cc1O. The lowest BCUT2D eigenvalue weighted by Crippen LogP contribution is -2.10. The zero-order valence-electron chi connectivity index (χ0n) is 12.8. The van der Waals surface area contributed by atoms with Crippen LogP contribution in [0.5, 0.6) is 11.5 Å². The number of ether oxygens (including phenoxy) is 1. The smallest absolute Gasteiger partial charge is 0.160 e. The van der Waals surface area contributed by atoms with Gasteiger partial charge >= 0.3 is 0 Å². The van der Waals surface area contributed by atoms with Crippen molar-refractivity contribution in [3.63, 3.8) is 0 Å². The largest absolute Gasteiger partial charge is 0.504 e. The number of benzene rings is 2. The molecule has 0 saturated carbocycles. The zero-order chi connectivity index (χ0) is 15.2. The molecule has 0 spiro atoms. The quantitative estimate of drug-likeness (QED) is 0.856. The molecule has 0 aliphatic heterocycles. The zero-order valence-corrected chi connectivity index (χ0v) is 12.8. The highest BCUT2D eigenvalue weighted by Crippen LogP contribution is 2.26. The Morgan fingerprint density at radius 1 is 1.05 bits per heavy atom. The van der Waals surface area contributed by atoms with Crippen LogP contribution in [-0.4, -0.2) is 31.2 Å². The molecule has 0 radical (unpaired) electrons. The van der Waals surface area contributed by atoms with Gasteiger partial charge in [-0.1, -0.05) is 18.2 Å². The number of rotatable bonds is 6. The van der Waals surface area contributed by atoms with E-state index in [-0.39, 0.29) is 5.75 Å². The van der Waals surface area contributed by atoms with Crippen molar-refractivity contribution in [1.29, 1.82) is 0 Å². The van der Waals surface area contributed by atoms with E-state index in [2.05, 4.69) is 48.6 Å². The van der Waals surface area contributed by atoms with Gasteiger partial charge in [0.05, 0.1) is 7.11 Å². The van der Waals surface area contributed by atoms with E-state index < -0.39 is 0 Å². The average molecular weight is 286 g/mol. The summed E-state index contributed by atoms with van der Waals surface area (Å²) in [6, 6.07) is 13.8. The van der Waals surface area contributed by atoms with Gasteiger partial charge in [-0.2, -0.15) is 0 Å². The minimum atomic E-state index is 0.165. The van der Waals surface area contributed by atoms with E-state index in [0.29, 0.717) is 12.3 Å². The minimum Gasteiger partial charge on any atom is -0.504 e. The summed E-state index contributed by atoms with van der Waals surface area (Å²) in [7, 11) is 5.66. The maximum atomic E-state index is 9.75. The summed E-state index contributed by atoms with van der Waals surface area (Å²) in [5.74, 6) is 0.657. The number of phenolic OH excluding ortho intramolecular Hbond substituents is 1. The number of aromatic hydroxyl groups is 1. The van der Waals surface area contributed by atoms with Crippen molar-refractivity contribution < 1.29 is 9.84 Å². The van der Waals surface area contributed by atoms with Gasteiger partial charge in [0.1, 0.15) is 0 Å². The van der Waals surface area contributed by atoms with Gasteiger partial charge in [-0.15, -0.1) is 0 Å². The first-order valence-electron chi connectivity index (χ1n) is 6.92. The number of anilines is 1. The van der Waals surface area contributed by atoms with Crippen molar-refractivity contribution in [1.82, 2.24) is 4.90 Å². The fourth-order valence-corrected chi connectivity index (χ4v) is 2.14. The van der Waals surface area contributed by atoms with Crippen molar-refractivity contribution in [3.05, 3.63) is 53.6 Å². The summed E-state index contributed by atoms with van der Waals surface area (Å²) in [6.07, 6.45) is 0. The van der Waals surface area contributed by atoms with Crippen LogP contribution >= 0.6 is 0 Å². The first kappa shape index (κ1) is 15.2. The molecule has 0 bridgehead atoms. The van der Waals surface area contributed by atoms with E-state index in [1.807, 2.05) is 6.07 Å². The van der Waals surface area contributed by atoms with Crippen LogP contribution in [-0.2, 0) is 13.1 Å². The van der Waals surface area contributed by atoms with Crippen LogP contribution in [0.3, 0.4) is 0 Å². The maximum Gasteiger partial charge on any atom is 0.160 e. The summed E-state index contributed by atoms with van der Waals surface area (Å²) < 4.78 is 5.03. The number of hydrogen-bond acceptors (Lipinski definition) is 4. The maximum absolute atomic E-state index is 9.75. The molecule has 0 atom stereocenters. The summed E-state index contributed by atoms with van der Waals surface area (Å²) in [5.41, 5.74) is 3.35. The lowest BCUT2D eigenvalue weighted by atomic mass is 10.1. The molecule has 4 nitrogen and oxygen atoms in total. The summed E-state index contributed by atoms with van der Waals surface area (Å²) in [4.78, 5) is 2.14. The Labute approximate surface area is 126 Å². The van der Waals surface area contributed by atoms with Gasteiger partial charge in [-0.25, -0.2) is 0 Å². The molecular formula is C17H22N2O2. The van der Waals surface area contributed by atoms with Gasteiger partial charge in [0.15, 0.2) is 11.5 Å². The summed E-state index contributed by atoms with van der Waals surface area (Å²) in [6.45, 7) is 1.59. The van der Waals surface area contributed by atoms with Gasteiger partial charge in [-0.05, 0) is 49.5 Å². The van der Waals surface area contributed by atoms with Crippen LogP contribution < -0.4 is 10.1 Å². The van der Waals surface area contributed by atoms with E-state index in [0.717, 1.165) is 17.8 Å². The van der Waals surface area contributed by atoms with Crippen molar-refractivity contribution >= 4 is 5.69 Å². The summed E-state index contributed by atoms with van der Waals surface area (Å²) >= 11 is 0. The summed E-state index contributed by atoms with van der Waals surface area (Å²) in [5, 5.41) is 13.1. The first-order valence-corrected chi connectivity index (χ1v) is 6.92. The number of hydrogen-bond donors (Lipinski definition) is 2. The molecule has 0 aliphatic carbocycles. The fourth-order valence-electron chi connectivity index (χ4n) is 2.14. The Bertz CT molecular complexity index is 580. The van der Waals surface area contributed by atoms with Crippen molar-refractivity contribution in [2.24, 2.45) is 0 Å². The normalized spacial score (nSPS) is 10.7. The van der Waals surface area contributed by atoms with Crippen LogP contribution in [0.25, 0.3) is 0 Å². The second kappa shape index (κ2) is 6.99. The van der Waals surface area contributed by atoms with Gasteiger partial charge in [-0.3, -0.25) is 0 Å². The van der Waals surface area contributed by atoms with Gasteiger partial charge in [0.2, 0.25) is 0 Å². The molecular weight excluding hydrogens is 264 g/mol. The van der Waals surface area contributed by atoms with E-state index in [9.17, 15) is 5.11 Å². The first-order chi connectivity index (χ1) is 10.1. The molecule has 2 N–H and O–H groups in total. The molecule has 2 aromatic carbocycles. The molecule has 0 aliphatic rings. The average Bonchev–Trinajstić information content (AvgIpc) is 2.46. The fraction of sp³-hybridized carbons (Fsp3) is 0.294. The molecule has 0 aromatic heterocycles. The third-order valence-corrected chi connectivity index (χ3v) is 3.19. The Morgan fingerprint density at radius 3 is 2.29 bits per heavy atom. The second-order valence-corrected chi connectivity index (χ2v) is 5.29. The third kappa shape index (κ3) is 4.39. The minimum absolute atomic E-state index is 0.165. The Hall–Kier alpha value is -2.20. The third-order valence-electron chi connectivity index (χ3n) is 3.19. The predicted octanol–water partition coefficient (Wildman–Crippen LogP) is 3.07. The number of nitrogens with one attached hydrogen (secondary N) is 1. The van der Waals surface area contributed by atoms with E-state index in [1.165, 1.54) is 5.56 Å². The lowest BCUT2D eigenvalue weighted by Gasteiger charge is -2.11. The molecule has 112 valence electrons. The Kier molecular flexibility index (Phi) is 5.06. The molecule has 0 unspecified atom stereocenters. The van der Waals surface area contributed by atoms with Gasteiger partial charge < -0.3 is 20.1 Å². The van der Waals surface area contributed by atoms with Crippen LogP contribution in [0.2, 0.25) is 0 Å². The van der Waals surface area contributed by atoms with Gasteiger partial charge in [0, 0.05) is 18.8 Å². The highest BCUT2D eigenvalue weighted by molar-refractivity contribution is 5.47. The molecule has 0 saturated heterocycles. The molecule has 2 aromatic rings. The van der Waals surface area contributed by atoms with Crippen LogP contribution in [0.15, 0.2) is 42.5 Å². The topological polar surface area (TPSA) is 44.7 Å². The molecule has 0 fully saturated rings. The monoisotopic (exact) mass is 286 g/mol. The number of nitrogens with zero attached hydrogens (tertiary/aromatic N) is 1. The highest BCUT2D eigenvalue weighted by Gasteiger charge is 2.02. The molecule has 2 rings (SSSR count). The highest BCUT2D eigenvalue weighted by atomic mass is 16.5. The Morgan fingerprint density at radius 2 is 1.71 bits per heavy atom. The van der Waals surface area contributed by atoms with Crippen molar-refractivity contribution in [3.8, 4) is 11.5 Å². The van der Waals surface area contributed by atoms with Crippen LogP contribution in [0, 0.1) is 0 Å². The molecule has 0 heterocycles. The van der Waals surface area contributed by atoms with E-state index in [1.54, 1.807) is 19.2 Å². The number of methoxy groups -OCH3 is 1. The van der Waals surface area contributed by atoms with E-state index in [4.69, 9.17) is 4.74 Å². The predicted molar refractivity (Wildman–Crippen MR) is 85.8 cm³/mol. The van der Waals surface area contributed by atoms with E-state index >= 15 is 0 Å². The lowest BCUT2D eigenvalue weighted by molar-refractivity contribution is 0.373. The van der Waals surface area contributed by atoms with Crippen LogP contribution in [0.4, 0.5) is 5.69 Å². The van der Waals surface area contributed by atoms with Crippen molar-refractivity contribution in [2.75, 3.05) is 26.5 Å². The van der Waals surface area contributed by atoms with Gasteiger partial charge in [0.25, 0.3) is 0 Å². The molecule has 0 amide bonds. The Balaban J connectivity index is 1.95. The second-order valence-electron chi connectivity index (χ2n) is 5.29. The van der Waals surface area contributed by atoms with Crippen molar-refractivity contribution in [2.45, 2.75) is 13.1 Å². The number of phenols is 1.